The predicted molar refractivity (Wildman–Crippen MR) is 121 cm³/mol. The Labute approximate surface area is 192 Å². The van der Waals surface area contributed by atoms with Gasteiger partial charge < -0.3 is 14.8 Å². The van der Waals surface area contributed by atoms with Gasteiger partial charge in [0.2, 0.25) is 5.82 Å². The Morgan fingerprint density at radius 1 is 1.30 bits per heavy atom. The fourth-order valence-corrected chi connectivity index (χ4v) is 2.89. The number of nitro groups is 1. The number of ether oxygens (including phenoxy) is 2. The minimum atomic E-state index is -0.580. The lowest BCUT2D eigenvalue weighted by Gasteiger charge is -2.13. The first kappa shape index (κ1) is 23.4. The summed E-state index contributed by atoms with van der Waals surface area (Å²) in [5.41, 5.74) is 3.18. The average Bonchev–Trinajstić information content (AvgIpc) is 2.79. The molecule has 3 rings (SSSR count). The molecule has 12 heteroatoms. The molecular weight excluding hydrogens is 457 g/mol. The zero-order valence-corrected chi connectivity index (χ0v) is 17.9. The third-order valence-corrected chi connectivity index (χ3v) is 4.38. The molecular formula is C21H17ClFN5O5. The molecule has 1 aromatic heterocycles. The number of nitrogens with zero attached hydrogens (tertiary/aromatic N) is 3. The molecule has 33 heavy (non-hydrogen) atoms. The maximum Gasteiger partial charge on any atom is 0.313 e. The molecule has 2 N–H and O–H groups in total. The van der Waals surface area contributed by atoms with Gasteiger partial charge in [0.15, 0.2) is 18.1 Å². The Balaban J connectivity index is 1.66. The van der Waals surface area contributed by atoms with E-state index in [1.807, 2.05) is 0 Å². The Hall–Kier alpha value is -4.25. The number of hydrogen-bond donors (Lipinski definition) is 2. The number of nitrogens with one attached hydrogen (secondary N) is 2. The number of benzene rings is 2. The molecule has 0 radical (unpaired) electrons. The van der Waals surface area contributed by atoms with Crippen LogP contribution in [-0.2, 0) is 4.79 Å². The molecule has 1 amide bonds. The van der Waals surface area contributed by atoms with Crippen molar-refractivity contribution in [2.24, 2.45) is 5.10 Å². The summed E-state index contributed by atoms with van der Waals surface area (Å²) in [7, 11) is 1.40. The smallest absolute Gasteiger partial charge is 0.313 e. The molecule has 3 aromatic rings. The number of rotatable bonds is 9. The van der Waals surface area contributed by atoms with Crippen molar-refractivity contribution in [1.82, 2.24) is 4.98 Å². The molecule has 0 saturated heterocycles. The summed E-state index contributed by atoms with van der Waals surface area (Å²) in [6.07, 6.45) is 2.75. The number of carbonyl (C=O) groups excluding carboxylic acids is 1. The number of halogens is 2. The van der Waals surface area contributed by atoms with E-state index >= 15 is 0 Å². The van der Waals surface area contributed by atoms with Gasteiger partial charge in [-0.2, -0.15) is 5.10 Å². The maximum absolute atomic E-state index is 13.0. The molecule has 0 aliphatic heterocycles. The highest BCUT2D eigenvalue weighted by molar-refractivity contribution is 6.32. The van der Waals surface area contributed by atoms with E-state index in [2.05, 4.69) is 20.8 Å². The zero-order valence-electron chi connectivity index (χ0n) is 17.1. The minimum absolute atomic E-state index is 0.0241. The number of carbonyl (C=O) groups is 1. The molecule has 0 fully saturated rings. The molecule has 0 bridgehead atoms. The molecule has 0 spiro atoms. The zero-order chi connectivity index (χ0) is 23.8. The maximum atomic E-state index is 13.0. The van der Waals surface area contributed by atoms with E-state index in [0.717, 1.165) is 0 Å². The van der Waals surface area contributed by atoms with Crippen molar-refractivity contribution >= 4 is 40.9 Å². The topological polar surface area (TPSA) is 128 Å². The quantitative estimate of drug-likeness (QED) is 0.270. The largest absolute Gasteiger partial charge is 0.493 e. The average molecular weight is 474 g/mol. The minimum Gasteiger partial charge on any atom is -0.493 e. The number of methoxy groups -OCH3 is 1. The van der Waals surface area contributed by atoms with Gasteiger partial charge in [-0.3, -0.25) is 20.3 Å². The van der Waals surface area contributed by atoms with Crippen molar-refractivity contribution in [2.45, 2.75) is 0 Å². The van der Waals surface area contributed by atoms with Crippen LogP contribution < -0.4 is 20.2 Å². The second kappa shape index (κ2) is 10.9. The summed E-state index contributed by atoms with van der Waals surface area (Å²) < 4.78 is 23.7. The third kappa shape index (κ3) is 6.37. The second-order valence-electron chi connectivity index (χ2n) is 6.38. The van der Waals surface area contributed by atoms with Gasteiger partial charge >= 0.3 is 5.69 Å². The lowest BCUT2D eigenvalue weighted by atomic mass is 10.2. The van der Waals surface area contributed by atoms with Gasteiger partial charge in [0, 0.05) is 18.0 Å². The Morgan fingerprint density at radius 3 is 2.76 bits per heavy atom. The van der Waals surface area contributed by atoms with Crippen molar-refractivity contribution in [3.05, 3.63) is 81.2 Å². The van der Waals surface area contributed by atoms with Crippen LogP contribution in [0.2, 0.25) is 5.02 Å². The first-order valence-electron chi connectivity index (χ1n) is 9.31. The van der Waals surface area contributed by atoms with Gasteiger partial charge in [-0.25, -0.2) is 9.37 Å². The molecule has 170 valence electrons. The number of hydrogen-bond acceptors (Lipinski definition) is 8. The molecule has 0 atom stereocenters. The first-order chi connectivity index (χ1) is 15.9. The number of amides is 1. The van der Waals surface area contributed by atoms with Crippen LogP contribution in [0.1, 0.15) is 5.56 Å². The van der Waals surface area contributed by atoms with Crippen LogP contribution in [0, 0.1) is 15.9 Å². The van der Waals surface area contributed by atoms with E-state index in [1.54, 1.807) is 6.07 Å². The Bertz CT molecular complexity index is 1190. The van der Waals surface area contributed by atoms with Gasteiger partial charge in [-0.05, 0) is 48.0 Å². The van der Waals surface area contributed by atoms with E-state index in [9.17, 15) is 19.3 Å². The molecule has 0 aliphatic rings. The van der Waals surface area contributed by atoms with E-state index in [1.165, 1.54) is 62.0 Å². The van der Waals surface area contributed by atoms with Crippen LogP contribution in [0.25, 0.3) is 0 Å². The Morgan fingerprint density at radius 2 is 2.06 bits per heavy atom. The summed E-state index contributed by atoms with van der Waals surface area (Å²) >= 11 is 6.27. The van der Waals surface area contributed by atoms with Crippen LogP contribution in [0.4, 0.5) is 21.6 Å². The van der Waals surface area contributed by atoms with E-state index in [-0.39, 0.29) is 34.6 Å². The van der Waals surface area contributed by atoms with E-state index in [0.29, 0.717) is 11.3 Å². The van der Waals surface area contributed by atoms with E-state index in [4.69, 9.17) is 21.1 Å². The van der Waals surface area contributed by atoms with Crippen LogP contribution in [-0.4, -0.2) is 35.7 Å². The number of hydrazone groups is 1. The number of pyridine rings is 1. The Kier molecular flexibility index (Phi) is 7.71. The van der Waals surface area contributed by atoms with Gasteiger partial charge in [0.25, 0.3) is 5.91 Å². The lowest BCUT2D eigenvalue weighted by Crippen LogP contribution is -2.20. The fraction of sp³-hybridized carbons (Fsp3) is 0.0952. The summed E-state index contributed by atoms with van der Waals surface area (Å²) in [5, 5.41) is 17.7. The van der Waals surface area contributed by atoms with Gasteiger partial charge in [-0.1, -0.05) is 11.6 Å². The number of anilines is 2. The van der Waals surface area contributed by atoms with Crippen molar-refractivity contribution in [3.63, 3.8) is 0 Å². The molecule has 10 nitrogen and oxygen atoms in total. The fourth-order valence-electron chi connectivity index (χ4n) is 2.62. The summed E-state index contributed by atoms with van der Waals surface area (Å²) in [6.45, 7) is -0.369. The monoisotopic (exact) mass is 473 g/mol. The summed E-state index contributed by atoms with van der Waals surface area (Å²) in [5.74, 6) is -0.547. The van der Waals surface area contributed by atoms with Crippen LogP contribution in [0.3, 0.4) is 0 Å². The van der Waals surface area contributed by atoms with Crippen LogP contribution in [0.15, 0.2) is 59.8 Å². The molecule has 1 heterocycles. The van der Waals surface area contributed by atoms with Gasteiger partial charge in [-0.15, -0.1) is 0 Å². The first-order valence-corrected chi connectivity index (χ1v) is 9.69. The summed E-state index contributed by atoms with van der Waals surface area (Å²) in [6, 6.07) is 11.1. The van der Waals surface area contributed by atoms with Gasteiger partial charge in [0.1, 0.15) is 5.82 Å². The highest BCUT2D eigenvalue weighted by Crippen LogP contribution is 2.36. The van der Waals surface area contributed by atoms with Crippen molar-refractivity contribution in [1.29, 1.82) is 0 Å². The molecule has 0 saturated carbocycles. The van der Waals surface area contributed by atoms with Gasteiger partial charge in [0.05, 0.1) is 23.3 Å². The molecule has 2 aromatic carbocycles. The van der Waals surface area contributed by atoms with Crippen LogP contribution in [0.5, 0.6) is 11.5 Å². The highest BCUT2D eigenvalue weighted by Gasteiger charge is 2.15. The lowest BCUT2D eigenvalue weighted by molar-refractivity contribution is -0.384. The van der Waals surface area contributed by atoms with E-state index < -0.39 is 16.6 Å². The standard InChI is InChI=1S/C21H17ClFN5O5/c1-32-18-10-13(11-25-27-21-17(28(30)31)3-2-8-24-21)9-16(22)20(18)33-12-19(29)26-15-6-4-14(23)5-7-15/h2-11H,12H2,1H3,(H,24,27)(H,26,29)/b25-11-. The third-order valence-electron chi connectivity index (χ3n) is 4.09. The normalized spacial score (nSPS) is 10.6. The molecule has 0 unspecified atom stereocenters. The number of aromatic nitrogens is 1. The van der Waals surface area contributed by atoms with Crippen LogP contribution >= 0.6 is 11.6 Å². The predicted octanol–water partition coefficient (Wildman–Crippen LogP) is 4.25. The molecule has 0 aliphatic carbocycles. The highest BCUT2D eigenvalue weighted by atomic mass is 35.5. The SMILES string of the molecule is COc1cc(/C=N\Nc2ncccc2[N+](=O)[O-])cc(Cl)c1OCC(=O)Nc1ccc(F)cc1. The van der Waals surface area contributed by atoms with Crippen molar-refractivity contribution in [3.8, 4) is 11.5 Å². The van der Waals surface area contributed by atoms with Crippen molar-refractivity contribution < 1.29 is 23.6 Å². The summed E-state index contributed by atoms with van der Waals surface area (Å²) in [4.78, 5) is 26.4. The van der Waals surface area contributed by atoms with Crippen molar-refractivity contribution in [2.75, 3.05) is 24.5 Å². The second-order valence-corrected chi connectivity index (χ2v) is 6.78.